The van der Waals surface area contributed by atoms with Gasteiger partial charge in [-0.1, -0.05) is 25.1 Å². The molecule has 0 radical (unpaired) electrons. The van der Waals surface area contributed by atoms with Crippen LogP contribution in [0.3, 0.4) is 0 Å². The first kappa shape index (κ1) is 22.6. The summed E-state index contributed by atoms with van der Waals surface area (Å²) in [6.45, 7) is 12.1. The van der Waals surface area contributed by atoms with E-state index in [0.717, 1.165) is 82.9 Å². The van der Waals surface area contributed by atoms with Gasteiger partial charge in [-0.05, 0) is 63.2 Å². The second-order valence-electron chi connectivity index (χ2n) is 9.46. The second-order valence-corrected chi connectivity index (χ2v) is 9.46. The minimum absolute atomic E-state index is 0.240. The first-order valence-corrected chi connectivity index (χ1v) is 12.1. The summed E-state index contributed by atoms with van der Waals surface area (Å²) in [5.74, 6) is 1.60. The van der Waals surface area contributed by atoms with Crippen LogP contribution in [-0.4, -0.2) is 80.8 Å². The molecule has 1 saturated carbocycles. The van der Waals surface area contributed by atoms with Gasteiger partial charge in [0.1, 0.15) is 12.4 Å². The molecule has 0 spiro atoms. The van der Waals surface area contributed by atoms with Gasteiger partial charge in [-0.25, -0.2) is 0 Å². The number of piperidine rings is 1. The first-order valence-electron chi connectivity index (χ1n) is 12.1. The summed E-state index contributed by atoms with van der Waals surface area (Å²) in [4.78, 5) is 18.6. The van der Waals surface area contributed by atoms with E-state index in [2.05, 4.69) is 22.0 Å². The normalized spacial score (nSPS) is 29.9. The Bertz CT molecular complexity index is 736. The lowest BCUT2D eigenvalue weighted by molar-refractivity contribution is -0.145. The number of hydrogen-bond donors (Lipinski definition) is 1. The third-order valence-electron chi connectivity index (χ3n) is 7.76. The van der Waals surface area contributed by atoms with Crippen molar-refractivity contribution in [2.24, 2.45) is 11.3 Å². The molecule has 0 bridgehead atoms. The average Bonchev–Trinajstić information content (AvgIpc) is 2.82. The quantitative estimate of drug-likeness (QED) is 0.676. The van der Waals surface area contributed by atoms with E-state index in [9.17, 15) is 4.79 Å². The molecule has 31 heavy (non-hydrogen) atoms. The number of morpholine rings is 1. The molecule has 172 valence electrons. The molecule has 6 heteroatoms. The molecule has 1 aromatic rings. The first-order chi connectivity index (χ1) is 15.1. The maximum absolute atomic E-state index is 13.6. The zero-order chi connectivity index (χ0) is 21.7. The molecule has 6 nitrogen and oxygen atoms in total. The Labute approximate surface area is 187 Å². The van der Waals surface area contributed by atoms with Gasteiger partial charge in [-0.3, -0.25) is 9.69 Å². The molecule has 0 unspecified atom stereocenters. The monoisotopic (exact) mass is 429 g/mol. The molecule has 3 aliphatic rings. The fourth-order valence-electron chi connectivity index (χ4n) is 5.85. The van der Waals surface area contributed by atoms with E-state index in [1.54, 1.807) is 0 Å². The predicted molar refractivity (Wildman–Crippen MR) is 122 cm³/mol. The van der Waals surface area contributed by atoms with E-state index in [-0.39, 0.29) is 11.3 Å². The summed E-state index contributed by atoms with van der Waals surface area (Å²) in [6, 6.07) is 8.63. The summed E-state index contributed by atoms with van der Waals surface area (Å²) in [7, 11) is 0. The highest BCUT2D eigenvalue weighted by Gasteiger charge is 2.52. The molecular formula is C25H39N3O3. The second kappa shape index (κ2) is 10.3. The Morgan fingerprint density at radius 2 is 2.03 bits per heavy atom. The molecule has 2 aliphatic heterocycles. The number of hydrogen-bond acceptors (Lipinski definition) is 5. The number of fused-ring (bicyclic) bond motifs is 1. The van der Waals surface area contributed by atoms with Crippen molar-refractivity contribution in [3.05, 3.63) is 29.8 Å². The number of aryl methyl sites for hydroxylation is 1. The van der Waals surface area contributed by atoms with Crippen LogP contribution in [0.25, 0.3) is 0 Å². The van der Waals surface area contributed by atoms with Crippen molar-refractivity contribution < 1.29 is 14.3 Å². The van der Waals surface area contributed by atoms with Gasteiger partial charge in [0.25, 0.3) is 0 Å². The van der Waals surface area contributed by atoms with Gasteiger partial charge >= 0.3 is 0 Å². The van der Waals surface area contributed by atoms with Gasteiger partial charge in [-0.2, -0.15) is 0 Å². The van der Waals surface area contributed by atoms with Crippen LogP contribution < -0.4 is 10.1 Å². The number of rotatable bonds is 7. The topological polar surface area (TPSA) is 54.0 Å². The van der Waals surface area contributed by atoms with E-state index in [1.165, 1.54) is 0 Å². The number of nitrogens with zero attached hydrogens (tertiary/aromatic N) is 2. The van der Waals surface area contributed by atoms with Gasteiger partial charge in [-0.15, -0.1) is 0 Å². The Morgan fingerprint density at radius 1 is 1.23 bits per heavy atom. The number of nitrogens with one attached hydrogen (secondary N) is 1. The Balaban J connectivity index is 1.36. The van der Waals surface area contributed by atoms with Crippen molar-refractivity contribution in [1.29, 1.82) is 0 Å². The van der Waals surface area contributed by atoms with Crippen molar-refractivity contribution in [3.8, 4) is 5.75 Å². The standard InChI is InChI=1S/C25H39N3O3/c1-3-27-12-9-21-18-22(28-13-16-30-17-14-28)8-10-25(21,19-27)24(29)26-11-15-31-23-7-5-4-6-20(23)2/h4-7,21-22H,3,8-19H2,1-2H3,(H,26,29)/t21-,22+,25-/m1/s1. The van der Waals surface area contributed by atoms with Crippen LogP contribution in [0.2, 0.25) is 0 Å². The minimum atomic E-state index is -0.250. The van der Waals surface area contributed by atoms with Crippen LogP contribution in [0, 0.1) is 18.3 Å². The van der Waals surface area contributed by atoms with Crippen LogP contribution in [0.15, 0.2) is 24.3 Å². The van der Waals surface area contributed by atoms with Crippen molar-refractivity contribution in [3.63, 3.8) is 0 Å². The van der Waals surface area contributed by atoms with Gasteiger partial charge in [0.05, 0.1) is 25.2 Å². The van der Waals surface area contributed by atoms with E-state index in [4.69, 9.17) is 9.47 Å². The van der Waals surface area contributed by atoms with Crippen molar-refractivity contribution in [2.75, 3.05) is 59.1 Å². The molecule has 1 N–H and O–H groups in total. The maximum atomic E-state index is 13.6. The molecule has 1 aliphatic carbocycles. The number of ether oxygens (including phenoxy) is 2. The van der Waals surface area contributed by atoms with Crippen molar-refractivity contribution in [1.82, 2.24) is 15.1 Å². The molecule has 1 aromatic carbocycles. The molecule has 1 amide bonds. The lowest BCUT2D eigenvalue weighted by atomic mass is 9.61. The smallest absolute Gasteiger partial charge is 0.227 e. The predicted octanol–water partition coefficient (Wildman–Crippen LogP) is 2.70. The van der Waals surface area contributed by atoms with Gasteiger partial charge in [0, 0.05) is 25.7 Å². The van der Waals surface area contributed by atoms with Gasteiger partial charge < -0.3 is 19.7 Å². The third-order valence-corrected chi connectivity index (χ3v) is 7.76. The minimum Gasteiger partial charge on any atom is -0.491 e. The zero-order valence-corrected chi connectivity index (χ0v) is 19.3. The number of amides is 1. The van der Waals surface area contributed by atoms with Crippen LogP contribution in [0.1, 0.15) is 38.2 Å². The van der Waals surface area contributed by atoms with E-state index < -0.39 is 0 Å². The van der Waals surface area contributed by atoms with Gasteiger partial charge in [0.15, 0.2) is 0 Å². The number of benzene rings is 1. The highest BCUT2D eigenvalue weighted by atomic mass is 16.5. The summed E-state index contributed by atoms with van der Waals surface area (Å²) < 4.78 is 11.5. The molecule has 3 atom stereocenters. The van der Waals surface area contributed by atoms with Crippen LogP contribution in [0.5, 0.6) is 5.75 Å². The van der Waals surface area contributed by atoms with Crippen molar-refractivity contribution >= 4 is 5.91 Å². The van der Waals surface area contributed by atoms with Gasteiger partial charge in [0.2, 0.25) is 5.91 Å². The van der Waals surface area contributed by atoms with E-state index in [1.807, 2.05) is 31.2 Å². The SMILES string of the molecule is CCN1CC[C@@H]2C[C@@H](N3CCOCC3)CC[C@@]2(C(=O)NCCOc2ccccc2C)C1. The average molecular weight is 430 g/mol. The lowest BCUT2D eigenvalue weighted by Gasteiger charge is -2.53. The number of likely N-dealkylation sites (tertiary alicyclic amines) is 1. The Morgan fingerprint density at radius 3 is 2.81 bits per heavy atom. The Kier molecular flexibility index (Phi) is 7.51. The highest BCUT2D eigenvalue weighted by molar-refractivity contribution is 5.83. The molecule has 3 fully saturated rings. The number of carbonyl (C=O) groups is 1. The third kappa shape index (κ3) is 5.07. The maximum Gasteiger partial charge on any atom is 0.227 e. The summed E-state index contributed by atoms with van der Waals surface area (Å²) in [5.41, 5.74) is 0.875. The van der Waals surface area contributed by atoms with E-state index >= 15 is 0 Å². The summed E-state index contributed by atoms with van der Waals surface area (Å²) in [5, 5.41) is 3.25. The fourth-order valence-corrected chi connectivity index (χ4v) is 5.85. The highest BCUT2D eigenvalue weighted by Crippen LogP contribution is 2.47. The molecule has 2 heterocycles. The summed E-state index contributed by atoms with van der Waals surface area (Å²) >= 11 is 0. The zero-order valence-electron chi connectivity index (χ0n) is 19.3. The van der Waals surface area contributed by atoms with Crippen LogP contribution >= 0.6 is 0 Å². The number of carbonyl (C=O) groups excluding carboxylic acids is 1. The fraction of sp³-hybridized carbons (Fsp3) is 0.720. The largest absolute Gasteiger partial charge is 0.491 e. The number of para-hydroxylation sites is 1. The van der Waals surface area contributed by atoms with Crippen LogP contribution in [-0.2, 0) is 9.53 Å². The molecule has 0 aromatic heterocycles. The molecular weight excluding hydrogens is 390 g/mol. The molecule has 2 saturated heterocycles. The summed E-state index contributed by atoms with van der Waals surface area (Å²) in [6.07, 6.45) is 4.37. The lowest BCUT2D eigenvalue weighted by Crippen LogP contribution is -2.61. The Hall–Kier alpha value is -1.63. The molecule has 4 rings (SSSR count). The van der Waals surface area contributed by atoms with E-state index in [0.29, 0.717) is 25.1 Å². The van der Waals surface area contributed by atoms with Crippen LogP contribution in [0.4, 0.5) is 0 Å². The van der Waals surface area contributed by atoms with Crippen molar-refractivity contribution in [2.45, 2.75) is 45.6 Å².